The summed E-state index contributed by atoms with van der Waals surface area (Å²) >= 11 is 9.34. The molecule has 0 amide bonds. The highest BCUT2D eigenvalue weighted by Crippen LogP contribution is 2.32. The van der Waals surface area contributed by atoms with Gasteiger partial charge in [-0.2, -0.15) is 0 Å². The van der Waals surface area contributed by atoms with Crippen LogP contribution in [0.3, 0.4) is 0 Å². The Morgan fingerprint density at radius 2 is 2.00 bits per heavy atom. The molecule has 0 saturated carbocycles. The summed E-state index contributed by atoms with van der Waals surface area (Å²) in [6.45, 7) is 2.50. The Kier molecular flexibility index (Phi) is 5.02. The Bertz CT molecular complexity index is 621. The highest BCUT2D eigenvalue weighted by Gasteiger charge is 2.17. The third-order valence-corrected chi connectivity index (χ3v) is 3.83. The fourth-order valence-electron chi connectivity index (χ4n) is 1.94. The minimum atomic E-state index is -0.598. The molecule has 0 aromatic heterocycles. The van der Waals surface area contributed by atoms with E-state index in [9.17, 15) is 4.39 Å². The Morgan fingerprint density at radius 3 is 2.65 bits per heavy atom. The van der Waals surface area contributed by atoms with Crippen LogP contribution in [0.25, 0.3) is 0 Å². The highest BCUT2D eigenvalue weighted by molar-refractivity contribution is 9.10. The van der Waals surface area contributed by atoms with Crippen LogP contribution >= 0.6 is 27.5 Å². The second-order valence-electron chi connectivity index (χ2n) is 4.26. The third kappa shape index (κ3) is 3.32. The lowest BCUT2D eigenvalue weighted by Gasteiger charge is -2.16. The largest absolute Gasteiger partial charge is 0.494 e. The molecule has 2 N–H and O–H groups in total. The molecular formula is C15H14BrClFNO. The van der Waals surface area contributed by atoms with Crippen molar-refractivity contribution in [1.82, 2.24) is 0 Å². The van der Waals surface area contributed by atoms with Gasteiger partial charge in [-0.05, 0) is 42.8 Å². The summed E-state index contributed by atoms with van der Waals surface area (Å²) in [4.78, 5) is 0. The molecule has 0 spiro atoms. The van der Waals surface area contributed by atoms with Crippen LogP contribution in [0.2, 0.25) is 5.02 Å². The van der Waals surface area contributed by atoms with Crippen molar-refractivity contribution >= 4 is 27.5 Å². The molecule has 1 unspecified atom stereocenters. The fourth-order valence-corrected chi connectivity index (χ4v) is 2.72. The first-order valence-corrected chi connectivity index (χ1v) is 7.32. The maximum Gasteiger partial charge on any atom is 0.128 e. The van der Waals surface area contributed by atoms with Gasteiger partial charge in [0.25, 0.3) is 0 Å². The SMILES string of the molecule is CCOc1ccc(C(N)c2cc(Cl)ccc2F)c(Br)c1. The van der Waals surface area contributed by atoms with Crippen molar-refractivity contribution in [3.63, 3.8) is 0 Å². The zero-order valence-electron chi connectivity index (χ0n) is 10.9. The van der Waals surface area contributed by atoms with Crippen LogP contribution in [0.5, 0.6) is 5.75 Å². The van der Waals surface area contributed by atoms with Gasteiger partial charge in [0.15, 0.2) is 0 Å². The zero-order chi connectivity index (χ0) is 14.7. The van der Waals surface area contributed by atoms with Crippen molar-refractivity contribution in [3.05, 3.63) is 62.8 Å². The van der Waals surface area contributed by atoms with Crippen LogP contribution in [-0.4, -0.2) is 6.61 Å². The number of halogens is 3. The smallest absolute Gasteiger partial charge is 0.128 e. The molecule has 0 aliphatic carbocycles. The Hall–Kier alpha value is -1.10. The average molecular weight is 359 g/mol. The van der Waals surface area contributed by atoms with Crippen LogP contribution in [0.1, 0.15) is 24.1 Å². The molecule has 1 atom stereocenters. The number of hydrogen-bond acceptors (Lipinski definition) is 2. The second kappa shape index (κ2) is 6.57. The van der Waals surface area contributed by atoms with Gasteiger partial charge in [0.05, 0.1) is 12.6 Å². The maximum atomic E-state index is 13.9. The molecule has 2 rings (SSSR count). The summed E-state index contributed by atoms with van der Waals surface area (Å²) in [7, 11) is 0. The predicted octanol–water partition coefficient (Wildman–Crippen LogP) is 4.69. The van der Waals surface area contributed by atoms with Gasteiger partial charge in [-0.25, -0.2) is 4.39 Å². The lowest BCUT2D eigenvalue weighted by molar-refractivity contribution is 0.340. The third-order valence-electron chi connectivity index (χ3n) is 2.91. The van der Waals surface area contributed by atoms with Gasteiger partial charge in [-0.1, -0.05) is 33.6 Å². The van der Waals surface area contributed by atoms with Gasteiger partial charge in [0.2, 0.25) is 0 Å². The minimum absolute atomic E-state index is 0.363. The maximum absolute atomic E-state index is 13.9. The van der Waals surface area contributed by atoms with Gasteiger partial charge < -0.3 is 10.5 Å². The van der Waals surface area contributed by atoms with Gasteiger partial charge in [-0.3, -0.25) is 0 Å². The summed E-state index contributed by atoms with van der Waals surface area (Å²) in [6, 6.07) is 9.22. The number of ether oxygens (including phenoxy) is 1. The van der Waals surface area contributed by atoms with Crippen LogP contribution in [0, 0.1) is 5.82 Å². The molecule has 2 aromatic rings. The molecule has 20 heavy (non-hydrogen) atoms. The predicted molar refractivity (Wildman–Crippen MR) is 82.8 cm³/mol. The van der Waals surface area contributed by atoms with E-state index in [1.54, 1.807) is 6.07 Å². The molecule has 2 aromatic carbocycles. The molecule has 0 bridgehead atoms. The fraction of sp³-hybridized carbons (Fsp3) is 0.200. The van der Waals surface area contributed by atoms with Gasteiger partial charge >= 0.3 is 0 Å². The van der Waals surface area contributed by atoms with E-state index in [0.717, 1.165) is 15.8 Å². The van der Waals surface area contributed by atoms with Crippen LogP contribution in [0.15, 0.2) is 40.9 Å². The number of nitrogens with two attached hydrogens (primary N) is 1. The summed E-state index contributed by atoms with van der Waals surface area (Å²) < 4.78 is 20.0. The first-order valence-electron chi connectivity index (χ1n) is 6.15. The molecule has 5 heteroatoms. The van der Waals surface area contributed by atoms with Crippen molar-refractivity contribution in [2.24, 2.45) is 5.73 Å². The van der Waals surface area contributed by atoms with E-state index in [2.05, 4.69) is 15.9 Å². The second-order valence-corrected chi connectivity index (χ2v) is 5.55. The molecule has 0 aliphatic rings. The van der Waals surface area contributed by atoms with Crippen molar-refractivity contribution in [2.45, 2.75) is 13.0 Å². The van der Waals surface area contributed by atoms with E-state index >= 15 is 0 Å². The molecule has 0 fully saturated rings. The molecule has 106 valence electrons. The van der Waals surface area contributed by atoms with E-state index in [0.29, 0.717) is 17.2 Å². The zero-order valence-corrected chi connectivity index (χ0v) is 13.2. The standard InChI is InChI=1S/C15H14BrClFNO/c1-2-20-10-4-5-11(13(16)8-10)15(19)12-7-9(17)3-6-14(12)18/h3-8,15H,2,19H2,1H3. The van der Waals surface area contributed by atoms with E-state index in [1.165, 1.54) is 12.1 Å². The number of rotatable bonds is 4. The molecule has 0 heterocycles. The van der Waals surface area contributed by atoms with Crippen molar-refractivity contribution in [1.29, 1.82) is 0 Å². The number of hydrogen-bond donors (Lipinski definition) is 1. The van der Waals surface area contributed by atoms with Crippen molar-refractivity contribution < 1.29 is 9.13 Å². The summed E-state index contributed by atoms with van der Waals surface area (Å²) in [5, 5.41) is 0.457. The van der Waals surface area contributed by atoms with E-state index in [1.807, 2.05) is 25.1 Å². The molecule has 2 nitrogen and oxygen atoms in total. The quantitative estimate of drug-likeness (QED) is 0.860. The van der Waals surface area contributed by atoms with E-state index in [-0.39, 0.29) is 5.82 Å². The van der Waals surface area contributed by atoms with Crippen LogP contribution in [0.4, 0.5) is 4.39 Å². The summed E-state index contributed by atoms with van der Waals surface area (Å²) in [5.74, 6) is 0.365. The summed E-state index contributed by atoms with van der Waals surface area (Å²) in [5.41, 5.74) is 7.28. The topological polar surface area (TPSA) is 35.2 Å². The number of benzene rings is 2. The first kappa shape index (κ1) is 15.3. The lowest BCUT2D eigenvalue weighted by Crippen LogP contribution is -2.14. The minimum Gasteiger partial charge on any atom is -0.494 e. The van der Waals surface area contributed by atoms with E-state index < -0.39 is 6.04 Å². The molecule has 0 aliphatic heterocycles. The molecule has 0 radical (unpaired) electrons. The summed E-state index contributed by atoms with van der Waals surface area (Å²) in [6.07, 6.45) is 0. The Balaban J connectivity index is 2.38. The molecular weight excluding hydrogens is 345 g/mol. The first-order chi connectivity index (χ1) is 9.52. The van der Waals surface area contributed by atoms with Crippen molar-refractivity contribution in [2.75, 3.05) is 6.61 Å². The monoisotopic (exact) mass is 357 g/mol. The van der Waals surface area contributed by atoms with Gasteiger partial charge in [0.1, 0.15) is 11.6 Å². The van der Waals surface area contributed by atoms with Crippen LogP contribution < -0.4 is 10.5 Å². The van der Waals surface area contributed by atoms with Gasteiger partial charge in [-0.15, -0.1) is 0 Å². The lowest BCUT2D eigenvalue weighted by atomic mass is 9.99. The Morgan fingerprint density at radius 1 is 1.25 bits per heavy atom. The van der Waals surface area contributed by atoms with Crippen LogP contribution in [-0.2, 0) is 0 Å². The van der Waals surface area contributed by atoms with Crippen molar-refractivity contribution in [3.8, 4) is 5.75 Å². The van der Waals surface area contributed by atoms with E-state index in [4.69, 9.17) is 22.1 Å². The Labute approximate surface area is 130 Å². The average Bonchev–Trinajstić information content (AvgIpc) is 2.41. The highest BCUT2D eigenvalue weighted by atomic mass is 79.9. The normalized spacial score (nSPS) is 12.2. The van der Waals surface area contributed by atoms with Gasteiger partial charge in [0, 0.05) is 15.1 Å². The molecule has 0 saturated heterocycles.